The zero-order valence-corrected chi connectivity index (χ0v) is 15.6. The molecule has 26 heavy (non-hydrogen) atoms. The number of guanidine groups is 1. The minimum Gasteiger partial charge on any atom is -0.368 e. The van der Waals surface area contributed by atoms with Crippen LogP contribution in [0.5, 0.6) is 0 Å². The second kappa shape index (κ2) is 8.15. The van der Waals surface area contributed by atoms with E-state index in [0.717, 1.165) is 12.1 Å². The van der Waals surface area contributed by atoms with Gasteiger partial charge in [0.25, 0.3) is 0 Å². The van der Waals surface area contributed by atoms with Crippen molar-refractivity contribution in [1.82, 2.24) is 10.2 Å². The molecule has 0 unspecified atom stereocenters. The number of sulfone groups is 1. The van der Waals surface area contributed by atoms with E-state index in [9.17, 15) is 21.6 Å². The van der Waals surface area contributed by atoms with Gasteiger partial charge in [-0.25, -0.2) is 8.42 Å². The molecule has 2 rings (SSSR count). The summed E-state index contributed by atoms with van der Waals surface area (Å²) in [6.07, 6.45) is -3.19. The van der Waals surface area contributed by atoms with Gasteiger partial charge in [0.05, 0.1) is 11.3 Å². The predicted molar refractivity (Wildman–Crippen MR) is 96.3 cm³/mol. The van der Waals surface area contributed by atoms with Crippen LogP contribution >= 0.6 is 0 Å². The van der Waals surface area contributed by atoms with Crippen LogP contribution in [0.2, 0.25) is 0 Å². The molecule has 0 saturated carbocycles. The summed E-state index contributed by atoms with van der Waals surface area (Å²) in [6, 6.07) is 5.31. The highest BCUT2D eigenvalue weighted by atomic mass is 32.2. The van der Waals surface area contributed by atoms with Gasteiger partial charge < -0.3 is 15.1 Å². The molecule has 0 amide bonds. The number of aliphatic imine (C=N–C) groups is 1. The highest BCUT2D eigenvalue weighted by Crippen LogP contribution is 2.31. The van der Waals surface area contributed by atoms with E-state index < -0.39 is 21.6 Å². The second-order valence-electron chi connectivity index (χ2n) is 6.13. The Morgan fingerprint density at radius 1 is 1.23 bits per heavy atom. The van der Waals surface area contributed by atoms with Gasteiger partial charge in [-0.1, -0.05) is 6.07 Å². The van der Waals surface area contributed by atoms with Crippen molar-refractivity contribution in [1.29, 1.82) is 0 Å². The molecular formula is C16H23F3N4O2S. The third-order valence-electron chi connectivity index (χ3n) is 4.09. The molecule has 1 fully saturated rings. The van der Waals surface area contributed by atoms with Gasteiger partial charge in [-0.15, -0.1) is 0 Å². The van der Waals surface area contributed by atoms with E-state index in [1.54, 1.807) is 13.1 Å². The van der Waals surface area contributed by atoms with Crippen molar-refractivity contribution in [2.45, 2.75) is 6.18 Å². The van der Waals surface area contributed by atoms with E-state index in [1.807, 2.05) is 9.80 Å². The highest BCUT2D eigenvalue weighted by Gasteiger charge is 2.31. The molecule has 1 heterocycles. The van der Waals surface area contributed by atoms with Crippen LogP contribution in [0.3, 0.4) is 0 Å². The highest BCUT2D eigenvalue weighted by molar-refractivity contribution is 7.90. The first-order valence-electron chi connectivity index (χ1n) is 8.16. The molecule has 1 aliphatic rings. The number of anilines is 1. The third kappa shape index (κ3) is 5.79. The molecule has 1 aliphatic heterocycles. The van der Waals surface area contributed by atoms with E-state index in [0.29, 0.717) is 37.8 Å². The molecule has 0 aromatic heterocycles. The number of nitrogens with zero attached hydrogens (tertiary/aromatic N) is 3. The lowest BCUT2D eigenvalue weighted by molar-refractivity contribution is -0.137. The van der Waals surface area contributed by atoms with Gasteiger partial charge >= 0.3 is 6.18 Å². The molecule has 10 heteroatoms. The number of hydrogen-bond acceptors (Lipinski definition) is 4. The van der Waals surface area contributed by atoms with Gasteiger partial charge in [0.2, 0.25) is 0 Å². The van der Waals surface area contributed by atoms with Gasteiger partial charge in [0.15, 0.2) is 5.96 Å². The fourth-order valence-electron chi connectivity index (χ4n) is 2.74. The Labute approximate surface area is 151 Å². The lowest BCUT2D eigenvalue weighted by Crippen LogP contribution is -2.53. The molecule has 1 N–H and O–H groups in total. The summed E-state index contributed by atoms with van der Waals surface area (Å²) in [5, 5.41) is 3.01. The van der Waals surface area contributed by atoms with Gasteiger partial charge in [-0.05, 0) is 18.2 Å². The Kier molecular flexibility index (Phi) is 6.38. The molecule has 0 aliphatic carbocycles. The lowest BCUT2D eigenvalue weighted by atomic mass is 10.1. The van der Waals surface area contributed by atoms with Crippen LogP contribution in [0.1, 0.15) is 5.56 Å². The fraction of sp³-hybridized carbons (Fsp3) is 0.562. The third-order valence-corrected chi connectivity index (χ3v) is 5.03. The minimum absolute atomic E-state index is 0.0101. The lowest BCUT2D eigenvalue weighted by Gasteiger charge is -2.37. The normalized spacial score (nSPS) is 16.7. The topological polar surface area (TPSA) is 65.0 Å². The summed E-state index contributed by atoms with van der Waals surface area (Å²) in [5.74, 6) is 0.605. The summed E-state index contributed by atoms with van der Waals surface area (Å²) in [7, 11) is -1.44. The van der Waals surface area contributed by atoms with Crippen molar-refractivity contribution < 1.29 is 21.6 Å². The predicted octanol–water partition coefficient (Wildman–Crippen LogP) is 1.45. The monoisotopic (exact) mass is 392 g/mol. The molecule has 6 nitrogen and oxygen atoms in total. The first-order chi connectivity index (χ1) is 12.1. The first kappa shape index (κ1) is 20.3. The minimum atomic E-state index is -4.36. The summed E-state index contributed by atoms with van der Waals surface area (Å²) < 4.78 is 61.0. The molecular weight excluding hydrogens is 369 g/mol. The zero-order chi connectivity index (χ0) is 19.4. The maximum absolute atomic E-state index is 12.9. The fourth-order valence-corrected chi connectivity index (χ4v) is 3.21. The zero-order valence-electron chi connectivity index (χ0n) is 14.8. The smallest absolute Gasteiger partial charge is 0.368 e. The number of nitrogens with one attached hydrogen (secondary N) is 1. The second-order valence-corrected chi connectivity index (χ2v) is 8.39. The van der Waals surface area contributed by atoms with Crippen molar-refractivity contribution in [3.8, 4) is 0 Å². The molecule has 0 spiro atoms. The van der Waals surface area contributed by atoms with E-state index >= 15 is 0 Å². The van der Waals surface area contributed by atoms with Crippen LogP contribution in [0.15, 0.2) is 29.3 Å². The average molecular weight is 392 g/mol. The van der Waals surface area contributed by atoms with E-state index in [-0.39, 0.29) is 12.3 Å². The van der Waals surface area contributed by atoms with E-state index in [4.69, 9.17) is 0 Å². The van der Waals surface area contributed by atoms with Crippen LogP contribution in [0.4, 0.5) is 18.9 Å². The van der Waals surface area contributed by atoms with Gasteiger partial charge in [-0.3, -0.25) is 4.99 Å². The van der Waals surface area contributed by atoms with Crippen molar-refractivity contribution in [2.24, 2.45) is 4.99 Å². The molecule has 0 bridgehead atoms. The largest absolute Gasteiger partial charge is 0.416 e. The number of hydrogen-bond donors (Lipinski definition) is 1. The average Bonchev–Trinajstić information content (AvgIpc) is 2.57. The standard InChI is InChI=1S/C16H23F3N4O2S/c1-20-15(21-6-11-26(2,24)25)23-9-7-22(8-10-23)14-5-3-4-13(12-14)16(17,18)19/h3-5,12H,6-11H2,1-2H3,(H,20,21). The van der Waals surface area contributed by atoms with Crippen molar-refractivity contribution in [3.63, 3.8) is 0 Å². The van der Waals surface area contributed by atoms with Crippen LogP contribution in [-0.4, -0.2) is 71.1 Å². The van der Waals surface area contributed by atoms with Crippen LogP contribution in [0, 0.1) is 0 Å². The molecule has 146 valence electrons. The summed E-state index contributed by atoms with van der Waals surface area (Å²) in [6.45, 7) is 2.52. The number of halogens is 3. The Morgan fingerprint density at radius 2 is 1.88 bits per heavy atom. The number of piperazine rings is 1. The first-order valence-corrected chi connectivity index (χ1v) is 10.2. The van der Waals surface area contributed by atoms with Crippen LogP contribution < -0.4 is 10.2 Å². The molecule has 1 saturated heterocycles. The summed E-state index contributed by atoms with van der Waals surface area (Å²) >= 11 is 0. The van der Waals surface area contributed by atoms with Crippen LogP contribution in [-0.2, 0) is 16.0 Å². The Hall–Kier alpha value is -1.97. The molecule has 0 radical (unpaired) electrons. The van der Waals surface area contributed by atoms with Crippen molar-refractivity contribution in [3.05, 3.63) is 29.8 Å². The van der Waals surface area contributed by atoms with E-state index in [2.05, 4.69) is 10.3 Å². The van der Waals surface area contributed by atoms with Gasteiger partial charge in [0, 0.05) is 51.7 Å². The maximum Gasteiger partial charge on any atom is 0.416 e. The molecule has 1 aromatic rings. The quantitative estimate of drug-likeness (QED) is 0.621. The number of alkyl halides is 3. The van der Waals surface area contributed by atoms with Crippen LogP contribution in [0.25, 0.3) is 0 Å². The van der Waals surface area contributed by atoms with Gasteiger partial charge in [-0.2, -0.15) is 13.2 Å². The summed E-state index contributed by atoms with van der Waals surface area (Å²) in [4.78, 5) is 8.01. The van der Waals surface area contributed by atoms with Gasteiger partial charge in [0.1, 0.15) is 9.84 Å². The Morgan fingerprint density at radius 3 is 2.42 bits per heavy atom. The molecule has 0 atom stereocenters. The summed E-state index contributed by atoms with van der Waals surface area (Å²) in [5.41, 5.74) is -0.116. The Balaban J connectivity index is 1.94. The maximum atomic E-state index is 12.9. The van der Waals surface area contributed by atoms with Crippen molar-refractivity contribution in [2.75, 3.05) is 56.7 Å². The Bertz CT molecular complexity index is 742. The van der Waals surface area contributed by atoms with Crippen molar-refractivity contribution >= 4 is 21.5 Å². The number of benzene rings is 1. The molecule has 1 aromatic carbocycles. The van der Waals surface area contributed by atoms with E-state index in [1.165, 1.54) is 12.3 Å². The number of rotatable bonds is 4. The SMILES string of the molecule is CN=C(NCCS(C)(=O)=O)N1CCN(c2cccc(C(F)(F)F)c2)CC1.